The van der Waals surface area contributed by atoms with Crippen LogP contribution in [0.3, 0.4) is 0 Å². The number of rotatable bonds is 13. The van der Waals surface area contributed by atoms with Crippen LogP contribution in [0, 0.1) is 52.2 Å². The summed E-state index contributed by atoms with van der Waals surface area (Å²) in [6, 6.07) is 14.1. The van der Waals surface area contributed by atoms with Crippen LogP contribution in [-0.2, 0) is 15.8 Å². The van der Waals surface area contributed by atoms with Crippen molar-refractivity contribution >= 4 is 17.5 Å². The average molecular weight is 695 g/mol. The number of halogens is 4. The fraction of sp³-hybridized carbons (Fsp3) is 0.317. The van der Waals surface area contributed by atoms with Crippen molar-refractivity contribution in [1.29, 1.82) is 10.5 Å². The highest BCUT2D eigenvalue weighted by atomic mass is 19.4. The number of nitrogens with zero attached hydrogens (tertiary/aromatic N) is 2. The molecule has 0 fully saturated rings. The molecule has 3 rings (SSSR count). The molecular formula is C41H38F4N4O2. The van der Waals surface area contributed by atoms with Crippen molar-refractivity contribution in [1.82, 2.24) is 5.32 Å². The second-order valence-electron chi connectivity index (χ2n) is 12.0. The molecule has 2 N–H and O–H groups in total. The quantitative estimate of drug-likeness (QED) is 0.0807. The van der Waals surface area contributed by atoms with Crippen molar-refractivity contribution in [3.63, 3.8) is 0 Å². The highest BCUT2D eigenvalue weighted by Gasteiger charge is 2.33. The first-order valence-electron chi connectivity index (χ1n) is 16.6. The Balaban J connectivity index is 1.81. The molecule has 0 saturated carbocycles. The Morgan fingerprint density at radius 2 is 1.29 bits per heavy atom. The van der Waals surface area contributed by atoms with Crippen molar-refractivity contribution in [3.8, 4) is 35.8 Å². The zero-order chi connectivity index (χ0) is 37.4. The Kier molecular flexibility index (Phi) is 15.0. The van der Waals surface area contributed by atoms with Crippen LogP contribution in [0.25, 0.3) is 0 Å². The minimum atomic E-state index is -4.77. The number of carbonyl (C=O) groups is 2. The second-order valence-corrected chi connectivity index (χ2v) is 12.0. The lowest BCUT2D eigenvalue weighted by Crippen LogP contribution is -2.44. The molecule has 0 saturated heterocycles. The van der Waals surface area contributed by atoms with Crippen molar-refractivity contribution in [2.75, 3.05) is 5.32 Å². The van der Waals surface area contributed by atoms with Gasteiger partial charge in [-0.25, -0.2) is 4.39 Å². The molecule has 0 heterocycles. The Bertz CT molecular complexity index is 1960. The van der Waals surface area contributed by atoms with E-state index < -0.39 is 35.4 Å². The number of anilines is 1. The van der Waals surface area contributed by atoms with Gasteiger partial charge in [-0.05, 0) is 67.9 Å². The van der Waals surface area contributed by atoms with E-state index in [9.17, 15) is 32.4 Å². The Morgan fingerprint density at radius 1 is 0.765 bits per heavy atom. The van der Waals surface area contributed by atoms with E-state index in [2.05, 4.69) is 47.8 Å². The lowest BCUT2D eigenvalue weighted by molar-refractivity contribution is -0.137. The number of amides is 2. The van der Waals surface area contributed by atoms with Gasteiger partial charge in [-0.3, -0.25) is 9.59 Å². The third kappa shape index (κ3) is 12.5. The molecule has 3 aromatic rings. The van der Waals surface area contributed by atoms with E-state index >= 15 is 0 Å². The molecule has 0 aliphatic rings. The van der Waals surface area contributed by atoms with Crippen LogP contribution in [-0.4, -0.2) is 17.9 Å². The van der Waals surface area contributed by atoms with Gasteiger partial charge in [0, 0.05) is 27.8 Å². The van der Waals surface area contributed by atoms with E-state index in [-0.39, 0.29) is 39.1 Å². The number of benzene rings is 3. The predicted octanol–water partition coefficient (Wildman–Crippen LogP) is 8.92. The molecule has 0 radical (unpaired) electrons. The summed E-state index contributed by atoms with van der Waals surface area (Å²) >= 11 is 0. The monoisotopic (exact) mass is 694 g/mol. The van der Waals surface area contributed by atoms with E-state index in [4.69, 9.17) is 5.26 Å². The molecule has 1 atom stereocenters. The lowest BCUT2D eigenvalue weighted by Gasteiger charge is -2.19. The maximum Gasteiger partial charge on any atom is 0.417 e. The van der Waals surface area contributed by atoms with Gasteiger partial charge in [-0.1, -0.05) is 88.6 Å². The summed E-state index contributed by atoms with van der Waals surface area (Å²) in [5.41, 5.74) is -0.628. The van der Waals surface area contributed by atoms with Crippen LogP contribution in [0.15, 0.2) is 66.7 Å². The van der Waals surface area contributed by atoms with Crippen LogP contribution in [0.4, 0.5) is 23.2 Å². The largest absolute Gasteiger partial charge is 0.417 e. The van der Waals surface area contributed by atoms with Gasteiger partial charge in [-0.2, -0.15) is 23.7 Å². The molecule has 0 aromatic heterocycles. The summed E-state index contributed by atoms with van der Waals surface area (Å²) in [4.78, 5) is 25.8. The Morgan fingerprint density at radius 3 is 1.86 bits per heavy atom. The molecular weight excluding hydrogens is 656 g/mol. The molecule has 2 amide bonds. The maximum atomic E-state index is 14.0. The SMILES string of the molecule is C=C(C)C(=O)NC(CCCCCCCCCC)C(=O)Nc1cc(C#Cc2ccc(C#Cc3ccc(C#N)c(F)c3)c(C(F)(F)F)c2)ccc1C#N. The second kappa shape index (κ2) is 19.4. The van der Waals surface area contributed by atoms with E-state index in [0.29, 0.717) is 18.4 Å². The highest BCUT2D eigenvalue weighted by Crippen LogP contribution is 2.32. The number of hydrogen-bond acceptors (Lipinski definition) is 4. The van der Waals surface area contributed by atoms with E-state index in [1.165, 1.54) is 62.6 Å². The van der Waals surface area contributed by atoms with Crippen molar-refractivity contribution in [3.05, 3.63) is 112 Å². The third-order valence-electron chi connectivity index (χ3n) is 7.86. The molecule has 6 nitrogen and oxygen atoms in total. The van der Waals surface area contributed by atoms with E-state index in [0.717, 1.165) is 43.9 Å². The number of unbranched alkanes of at least 4 members (excludes halogenated alkanes) is 7. The zero-order valence-corrected chi connectivity index (χ0v) is 28.6. The minimum Gasteiger partial charge on any atom is -0.341 e. The number of alkyl halides is 3. The molecule has 0 bridgehead atoms. The molecule has 1 unspecified atom stereocenters. The molecule has 0 aliphatic carbocycles. The number of nitrogens with one attached hydrogen (secondary N) is 2. The lowest BCUT2D eigenvalue weighted by atomic mass is 10.0. The summed E-state index contributed by atoms with van der Waals surface area (Å²) in [5, 5.41) is 24.0. The molecule has 0 aliphatic heterocycles. The summed E-state index contributed by atoms with van der Waals surface area (Å²) in [7, 11) is 0. The first-order valence-corrected chi connectivity index (χ1v) is 16.6. The minimum absolute atomic E-state index is 0.0279. The predicted molar refractivity (Wildman–Crippen MR) is 188 cm³/mol. The normalized spacial score (nSPS) is 11.1. The Labute approximate surface area is 296 Å². The first-order chi connectivity index (χ1) is 24.4. The first kappa shape index (κ1) is 39.6. The topological polar surface area (TPSA) is 106 Å². The third-order valence-corrected chi connectivity index (χ3v) is 7.86. The van der Waals surface area contributed by atoms with Crippen molar-refractivity contribution in [2.24, 2.45) is 0 Å². The summed E-state index contributed by atoms with van der Waals surface area (Å²) in [6.45, 7) is 7.34. The van der Waals surface area contributed by atoms with Crippen LogP contribution >= 0.6 is 0 Å². The van der Waals surface area contributed by atoms with Gasteiger partial charge >= 0.3 is 6.18 Å². The van der Waals surface area contributed by atoms with Gasteiger partial charge in [0.15, 0.2) is 0 Å². The molecule has 262 valence electrons. The number of carbonyl (C=O) groups excluding carboxylic acids is 2. The summed E-state index contributed by atoms with van der Waals surface area (Å²) in [6.07, 6.45) is 4.08. The van der Waals surface area contributed by atoms with Crippen LogP contribution in [0.2, 0.25) is 0 Å². The van der Waals surface area contributed by atoms with E-state index in [1.54, 1.807) is 6.07 Å². The fourth-order valence-electron chi connectivity index (χ4n) is 5.01. The molecule has 51 heavy (non-hydrogen) atoms. The van der Waals surface area contributed by atoms with E-state index in [1.807, 2.05) is 6.07 Å². The van der Waals surface area contributed by atoms with Gasteiger partial charge in [0.25, 0.3) is 0 Å². The van der Waals surface area contributed by atoms with Gasteiger partial charge < -0.3 is 10.6 Å². The van der Waals surface area contributed by atoms with Gasteiger partial charge in [-0.15, -0.1) is 0 Å². The highest BCUT2D eigenvalue weighted by molar-refractivity contribution is 6.01. The standard InChI is InChI=1S/C41H38F4N4O2/c1-4-5-6-7-8-9-10-11-12-37(48-39(50)28(2)3)40(51)49-38-25-31(18-22-34(38)27-47)14-13-29-15-19-32(35(23-29)41(43,44)45)20-16-30-17-21-33(26-46)36(42)24-30/h15,17-19,21-25,37H,2,4-12H2,1,3H3,(H,48,50)(H,49,51). The molecule has 10 heteroatoms. The number of hydrogen-bond donors (Lipinski definition) is 2. The van der Waals surface area contributed by atoms with Gasteiger partial charge in [0.05, 0.1) is 22.4 Å². The zero-order valence-electron chi connectivity index (χ0n) is 28.6. The Hall–Kier alpha value is -5.84. The summed E-state index contributed by atoms with van der Waals surface area (Å²) in [5.74, 6) is 8.58. The van der Waals surface area contributed by atoms with Crippen molar-refractivity contribution in [2.45, 2.75) is 83.9 Å². The van der Waals surface area contributed by atoms with Gasteiger partial charge in [0.1, 0.15) is 24.0 Å². The molecule has 3 aromatic carbocycles. The van der Waals surface area contributed by atoms with Crippen LogP contribution in [0.5, 0.6) is 0 Å². The number of nitriles is 2. The van der Waals surface area contributed by atoms with Crippen LogP contribution < -0.4 is 10.6 Å². The average Bonchev–Trinajstić information content (AvgIpc) is 3.10. The van der Waals surface area contributed by atoms with Crippen LogP contribution in [0.1, 0.15) is 111 Å². The smallest absolute Gasteiger partial charge is 0.341 e. The van der Waals surface area contributed by atoms with Gasteiger partial charge in [0.2, 0.25) is 11.8 Å². The molecule has 0 spiro atoms. The maximum absolute atomic E-state index is 14.0. The summed E-state index contributed by atoms with van der Waals surface area (Å²) < 4.78 is 55.9. The van der Waals surface area contributed by atoms with Crippen molar-refractivity contribution < 1.29 is 27.2 Å². The fourth-order valence-corrected chi connectivity index (χ4v) is 5.01.